The molecule has 0 aliphatic carbocycles. The van der Waals surface area contributed by atoms with E-state index in [4.69, 9.17) is 20.6 Å². The van der Waals surface area contributed by atoms with Gasteiger partial charge in [0.25, 0.3) is 0 Å². The lowest BCUT2D eigenvalue weighted by Crippen LogP contribution is -1.99. The Morgan fingerprint density at radius 3 is 1.42 bits per heavy atom. The van der Waals surface area contributed by atoms with Crippen molar-refractivity contribution in [2.45, 2.75) is 35.7 Å². The lowest BCUT2D eigenvalue weighted by atomic mass is 10.2. The van der Waals surface area contributed by atoms with Crippen LogP contribution in [0.2, 0.25) is 0 Å². The van der Waals surface area contributed by atoms with Gasteiger partial charge in [0.1, 0.15) is 0 Å². The third-order valence-electron chi connectivity index (χ3n) is 3.59. The molecule has 0 saturated carbocycles. The van der Waals surface area contributed by atoms with Gasteiger partial charge >= 0.3 is 28.0 Å². The van der Waals surface area contributed by atoms with Crippen molar-refractivity contribution < 1.29 is 38.2 Å². The molecule has 0 saturated heterocycles. The van der Waals surface area contributed by atoms with Crippen molar-refractivity contribution in [1.82, 2.24) is 0 Å². The molecule has 2 rings (SSSR count). The van der Waals surface area contributed by atoms with Gasteiger partial charge in [-0.25, -0.2) is 0 Å². The lowest BCUT2D eigenvalue weighted by molar-refractivity contribution is 0.219. The van der Waals surface area contributed by atoms with Crippen LogP contribution in [0.3, 0.4) is 0 Å². The predicted octanol–water partition coefficient (Wildman–Crippen LogP) is 5.19. The zero-order chi connectivity index (χ0) is 23.7. The number of hydrogen-bond donors (Lipinski definition) is 0. The highest BCUT2D eigenvalue weighted by atomic mass is 35.5. The van der Waals surface area contributed by atoms with Crippen LogP contribution in [0, 0.1) is 0 Å². The third-order valence-corrected chi connectivity index (χ3v) is 7.63. The molecule has 2 aromatic rings. The van der Waals surface area contributed by atoms with Crippen LogP contribution < -0.4 is 0 Å². The second kappa shape index (κ2) is 12.0. The van der Waals surface area contributed by atoms with Gasteiger partial charge in [0, 0.05) is 5.88 Å². The van der Waals surface area contributed by atoms with Crippen molar-refractivity contribution in [3.63, 3.8) is 0 Å². The zero-order valence-electron chi connectivity index (χ0n) is 16.7. The first-order valence-corrected chi connectivity index (χ1v) is 13.9. The first-order chi connectivity index (χ1) is 14.3. The van der Waals surface area contributed by atoms with Crippen LogP contribution in [-0.2, 0) is 46.1 Å². The first-order valence-electron chi connectivity index (χ1n) is 8.86. The van der Waals surface area contributed by atoms with E-state index in [0.29, 0.717) is 5.56 Å². The molecular formula is C18H22ClF2O7PS2. The van der Waals surface area contributed by atoms with E-state index in [-0.39, 0.29) is 30.2 Å². The minimum atomic E-state index is -4.72. The third kappa shape index (κ3) is 9.76. The van der Waals surface area contributed by atoms with Crippen LogP contribution in [0.25, 0.3) is 0 Å². The maximum absolute atomic E-state index is 12.7. The van der Waals surface area contributed by atoms with Gasteiger partial charge in [0.05, 0.1) is 29.2 Å². The molecule has 0 spiro atoms. The first kappa shape index (κ1) is 27.7. The molecule has 0 amide bonds. The molecule has 0 aliphatic rings. The summed E-state index contributed by atoms with van der Waals surface area (Å²) in [5.74, 6) is 0.284. The van der Waals surface area contributed by atoms with Crippen molar-refractivity contribution in [1.29, 1.82) is 0 Å². The number of hydrogen-bond acceptors (Lipinski definition) is 7. The molecule has 31 heavy (non-hydrogen) atoms. The van der Waals surface area contributed by atoms with Crippen molar-refractivity contribution in [2.75, 3.05) is 13.2 Å². The summed E-state index contributed by atoms with van der Waals surface area (Å²) in [6, 6.07) is 10.3. The molecule has 0 N–H and O–H groups in total. The molecule has 0 aromatic heterocycles. The van der Waals surface area contributed by atoms with E-state index in [0.717, 1.165) is 17.7 Å². The molecule has 13 heteroatoms. The van der Waals surface area contributed by atoms with Crippen molar-refractivity contribution in [3.8, 4) is 0 Å². The average molecular weight is 519 g/mol. The summed E-state index contributed by atoms with van der Waals surface area (Å²) in [5, 5.41) is 0. The zero-order valence-corrected chi connectivity index (χ0v) is 20.0. The number of alkyl halides is 1. The van der Waals surface area contributed by atoms with Gasteiger partial charge in [-0.3, -0.25) is 4.57 Å². The van der Waals surface area contributed by atoms with E-state index in [1.165, 1.54) is 36.4 Å². The van der Waals surface area contributed by atoms with E-state index in [9.17, 15) is 29.2 Å². The molecule has 2 aromatic carbocycles. The summed E-state index contributed by atoms with van der Waals surface area (Å²) < 4.78 is 89.4. The molecule has 0 radical (unpaired) electrons. The van der Waals surface area contributed by atoms with E-state index < -0.39 is 32.9 Å². The summed E-state index contributed by atoms with van der Waals surface area (Å²) in [6.07, 6.45) is 0.0152. The molecule has 0 unspecified atom stereocenters. The van der Waals surface area contributed by atoms with E-state index >= 15 is 0 Å². The van der Waals surface area contributed by atoms with Crippen molar-refractivity contribution in [3.05, 3.63) is 59.7 Å². The molecule has 7 nitrogen and oxygen atoms in total. The highest BCUT2D eigenvalue weighted by Gasteiger charge is 2.24. The van der Waals surface area contributed by atoms with Crippen LogP contribution in [0.15, 0.2) is 58.3 Å². The molecule has 0 aliphatic heterocycles. The van der Waals surface area contributed by atoms with Gasteiger partial charge in [-0.2, -0.15) is 16.8 Å². The Morgan fingerprint density at radius 2 is 1.13 bits per heavy atom. The monoisotopic (exact) mass is 518 g/mol. The summed E-state index contributed by atoms with van der Waals surface area (Å²) in [4.78, 5) is -0.768. The minimum absolute atomic E-state index is 0.0152. The Bertz CT molecular complexity index is 1080. The van der Waals surface area contributed by atoms with Crippen LogP contribution in [0.5, 0.6) is 0 Å². The molecule has 0 bridgehead atoms. The normalized spacial score (nSPS) is 12.2. The molecule has 0 heterocycles. The van der Waals surface area contributed by atoms with E-state index in [2.05, 4.69) is 0 Å². The van der Waals surface area contributed by atoms with Crippen LogP contribution >= 0.6 is 19.2 Å². The van der Waals surface area contributed by atoms with E-state index in [1.54, 1.807) is 13.8 Å². The maximum Gasteiger partial charge on any atom is 0.335 e. The average Bonchev–Trinajstić information content (AvgIpc) is 2.68. The highest BCUT2D eigenvalue weighted by molar-refractivity contribution is 7.86. The second-order valence-corrected chi connectivity index (χ2v) is 10.9. The number of halogens is 3. The fourth-order valence-electron chi connectivity index (χ4n) is 2.24. The Balaban J connectivity index is 0.000000343. The smallest absolute Gasteiger partial charge is 0.309 e. The van der Waals surface area contributed by atoms with E-state index in [1.807, 2.05) is 0 Å². The summed E-state index contributed by atoms with van der Waals surface area (Å²) in [7, 11) is -12.5. The highest BCUT2D eigenvalue weighted by Crippen LogP contribution is 2.51. The molecule has 0 fully saturated rings. The van der Waals surface area contributed by atoms with Gasteiger partial charge < -0.3 is 9.05 Å². The summed E-state index contributed by atoms with van der Waals surface area (Å²) in [5.41, 5.74) is 1.31. The predicted molar refractivity (Wildman–Crippen MR) is 114 cm³/mol. The Morgan fingerprint density at radius 1 is 0.774 bits per heavy atom. The fraction of sp³-hybridized carbons (Fsp3) is 0.333. The lowest BCUT2D eigenvalue weighted by Gasteiger charge is -2.16. The number of rotatable bonds is 9. The Labute approximate surface area is 186 Å². The molecular weight excluding hydrogens is 497 g/mol. The fourth-order valence-corrected chi connectivity index (χ4v) is 5.05. The Kier molecular flexibility index (Phi) is 10.7. The van der Waals surface area contributed by atoms with Gasteiger partial charge in [0.2, 0.25) is 0 Å². The summed E-state index contributed by atoms with van der Waals surface area (Å²) in [6.45, 7) is 3.89. The van der Waals surface area contributed by atoms with Crippen LogP contribution in [0.1, 0.15) is 25.0 Å². The summed E-state index contributed by atoms with van der Waals surface area (Å²) >= 11 is 5.45. The maximum atomic E-state index is 12.7. The van der Waals surface area contributed by atoms with Gasteiger partial charge in [-0.05, 0) is 49.2 Å². The standard InChI is InChI=1S/C11H16FO5PS.C7H6ClFO2S/c1-3-16-18(13,17-4-2)9-10-5-7-11(8-6-10)19(12,14)15;8-5-6-1-3-7(4-2-6)12(9,10)11/h5-8H,3-4,9H2,1-2H3;1-4H,5H2. The SMILES string of the molecule is CCOP(=O)(Cc1ccc(S(=O)(=O)F)cc1)OCC.O=S(=O)(F)c1ccc(CCl)cc1. The second-order valence-electron chi connectivity index (χ2n) is 5.90. The van der Waals surface area contributed by atoms with Crippen molar-refractivity contribution >= 4 is 39.6 Å². The Hall–Kier alpha value is -1.36. The van der Waals surface area contributed by atoms with Gasteiger partial charge in [-0.1, -0.05) is 24.3 Å². The number of benzene rings is 2. The van der Waals surface area contributed by atoms with Crippen LogP contribution in [0.4, 0.5) is 7.77 Å². The topological polar surface area (TPSA) is 104 Å². The minimum Gasteiger partial charge on any atom is -0.309 e. The van der Waals surface area contributed by atoms with Gasteiger partial charge in [0.15, 0.2) is 0 Å². The van der Waals surface area contributed by atoms with Gasteiger partial charge in [-0.15, -0.1) is 19.4 Å². The molecule has 0 atom stereocenters. The largest absolute Gasteiger partial charge is 0.335 e. The molecule has 174 valence electrons. The van der Waals surface area contributed by atoms with Crippen LogP contribution in [-0.4, -0.2) is 30.0 Å². The quantitative estimate of drug-likeness (QED) is 0.255. The van der Waals surface area contributed by atoms with Crippen molar-refractivity contribution in [2.24, 2.45) is 0 Å².